The predicted octanol–water partition coefficient (Wildman–Crippen LogP) is 7.62. The van der Waals surface area contributed by atoms with Crippen molar-refractivity contribution in [3.8, 4) is 11.8 Å². The number of ether oxygens (including phenoxy) is 1. The van der Waals surface area contributed by atoms with Gasteiger partial charge in [0.25, 0.3) is 0 Å². The Labute approximate surface area is 239 Å². The highest BCUT2D eigenvalue weighted by atomic mass is 35.5. The average Bonchev–Trinajstić information content (AvgIpc) is 2.89. The fourth-order valence-electron chi connectivity index (χ4n) is 5.80. The third kappa shape index (κ3) is 4.98. The van der Waals surface area contributed by atoms with E-state index in [9.17, 15) is 14.4 Å². The summed E-state index contributed by atoms with van der Waals surface area (Å²) in [6, 6.07) is 19.6. The van der Waals surface area contributed by atoms with E-state index in [1.807, 2.05) is 52.0 Å². The molecule has 1 aliphatic heterocycles. The minimum atomic E-state index is -0.625. The molecule has 0 fully saturated rings. The normalized spacial score (nSPS) is 18.5. The number of hydrogen-bond acceptors (Lipinski definition) is 5. The second kappa shape index (κ2) is 10.5. The molecule has 1 aliphatic carbocycles. The molecule has 2 aliphatic rings. The number of allylic oxidation sites excluding steroid dienone is 3. The monoisotopic (exact) mass is 555 g/mol. The summed E-state index contributed by atoms with van der Waals surface area (Å²) in [7, 11) is 0. The van der Waals surface area contributed by atoms with Crippen LogP contribution in [0.4, 0.5) is 10.1 Å². The lowest BCUT2D eigenvalue weighted by atomic mass is 9.68. The van der Waals surface area contributed by atoms with Gasteiger partial charge in [-0.05, 0) is 84.3 Å². The van der Waals surface area contributed by atoms with Gasteiger partial charge >= 0.3 is 0 Å². The van der Waals surface area contributed by atoms with Gasteiger partial charge in [-0.15, -0.1) is 0 Å². The molecule has 2 N–H and O–H groups in total. The Hall–Kier alpha value is -4.08. The van der Waals surface area contributed by atoms with Crippen LogP contribution in [-0.2, 0) is 11.4 Å². The molecule has 0 saturated heterocycles. The first-order valence-corrected chi connectivity index (χ1v) is 13.6. The molecule has 0 saturated carbocycles. The number of nitrogens with zero attached hydrogens (tertiary/aromatic N) is 2. The Kier molecular flexibility index (Phi) is 7.20. The van der Waals surface area contributed by atoms with Gasteiger partial charge in [-0.2, -0.15) is 5.26 Å². The summed E-state index contributed by atoms with van der Waals surface area (Å²) >= 11 is 6.30. The minimum absolute atomic E-state index is 0.0162. The summed E-state index contributed by atoms with van der Waals surface area (Å²) in [5.74, 6) is -0.192. The van der Waals surface area contributed by atoms with Crippen LogP contribution in [0.3, 0.4) is 0 Å². The number of rotatable bonds is 5. The van der Waals surface area contributed by atoms with Crippen molar-refractivity contribution in [1.82, 2.24) is 0 Å². The Balaban J connectivity index is 1.66. The number of Topliss-reactive ketones (excluding diaryl/α,β-unsaturated/α-hetero) is 1. The number of ketones is 1. The van der Waals surface area contributed by atoms with Crippen molar-refractivity contribution >= 4 is 23.1 Å². The zero-order chi connectivity index (χ0) is 28.8. The highest BCUT2D eigenvalue weighted by Gasteiger charge is 2.45. The van der Waals surface area contributed by atoms with Gasteiger partial charge in [-0.3, -0.25) is 9.69 Å². The van der Waals surface area contributed by atoms with Crippen molar-refractivity contribution in [1.29, 1.82) is 5.26 Å². The van der Waals surface area contributed by atoms with Crippen molar-refractivity contribution in [2.24, 2.45) is 11.1 Å². The van der Waals surface area contributed by atoms with E-state index < -0.39 is 5.92 Å². The number of para-hydroxylation sites is 1. The Morgan fingerprint density at radius 1 is 1.10 bits per heavy atom. The van der Waals surface area contributed by atoms with Crippen LogP contribution in [0.25, 0.3) is 0 Å². The molecule has 1 unspecified atom stereocenters. The maximum atomic E-state index is 13.9. The molecule has 7 heteroatoms. The van der Waals surface area contributed by atoms with Crippen LogP contribution in [0.1, 0.15) is 54.9 Å². The number of hydrogen-bond donors (Lipinski definition) is 1. The first-order valence-electron chi connectivity index (χ1n) is 13.2. The third-order valence-corrected chi connectivity index (χ3v) is 8.03. The number of anilines is 1. The van der Waals surface area contributed by atoms with Crippen molar-refractivity contribution in [3.63, 3.8) is 0 Å². The van der Waals surface area contributed by atoms with Gasteiger partial charge in [-0.25, -0.2) is 4.39 Å². The molecule has 0 radical (unpaired) electrons. The zero-order valence-corrected chi connectivity index (χ0v) is 23.8. The van der Waals surface area contributed by atoms with Crippen LogP contribution >= 0.6 is 11.6 Å². The third-order valence-electron chi connectivity index (χ3n) is 7.72. The molecule has 40 heavy (non-hydrogen) atoms. The topological polar surface area (TPSA) is 79.4 Å². The van der Waals surface area contributed by atoms with E-state index in [2.05, 4.69) is 12.1 Å². The van der Waals surface area contributed by atoms with Gasteiger partial charge in [0.05, 0.1) is 22.6 Å². The van der Waals surface area contributed by atoms with E-state index in [4.69, 9.17) is 22.1 Å². The van der Waals surface area contributed by atoms with Crippen molar-refractivity contribution in [2.45, 2.75) is 53.1 Å². The first kappa shape index (κ1) is 27.5. The van der Waals surface area contributed by atoms with Crippen molar-refractivity contribution in [3.05, 3.63) is 116 Å². The standard InChI is InChI=1S/C33H31ClFN3O2/c1-19-13-20(2)24(14-21(19)18-40-29-8-6-5-7-26(29)34)30-25(17-36)32(37)38(23-11-9-22(35)10-12-23)27-15-33(3,4)16-28(39)31(27)30/h5-14,30H,15-16,18,37H2,1-4H3. The summed E-state index contributed by atoms with van der Waals surface area (Å²) in [5.41, 5.74) is 12.4. The lowest BCUT2D eigenvalue weighted by Gasteiger charge is -2.44. The predicted molar refractivity (Wildman–Crippen MR) is 155 cm³/mol. The van der Waals surface area contributed by atoms with Crippen LogP contribution in [0.5, 0.6) is 5.75 Å². The van der Waals surface area contributed by atoms with E-state index in [0.29, 0.717) is 40.4 Å². The van der Waals surface area contributed by atoms with Crippen LogP contribution in [-0.4, -0.2) is 5.78 Å². The van der Waals surface area contributed by atoms with Crippen LogP contribution in [0.15, 0.2) is 83.3 Å². The van der Waals surface area contributed by atoms with Crippen LogP contribution < -0.4 is 15.4 Å². The quantitative estimate of drug-likeness (QED) is 0.350. The smallest absolute Gasteiger partial charge is 0.162 e. The molecule has 5 nitrogen and oxygen atoms in total. The summed E-state index contributed by atoms with van der Waals surface area (Å²) < 4.78 is 19.9. The Morgan fingerprint density at radius 2 is 1.80 bits per heavy atom. The van der Waals surface area contributed by atoms with E-state index in [-0.39, 0.29) is 29.4 Å². The van der Waals surface area contributed by atoms with Gasteiger partial charge in [-0.1, -0.05) is 49.7 Å². The number of nitrogens with two attached hydrogens (primary N) is 1. The second-order valence-corrected chi connectivity index (χ2v) is 11.7. The highest BCUT2D eigenvalue weighted by molar-refractivity contribution is 6.32. The van der Waals surface area contributed by atoms with Gasteiger partial charge in [0.1, 0.15) is 24.0 Å². The average molecular weight is 556 g/mol. The zero-order valence-electron chi connectivity index (χ0n) is 23.0. The minimum Gasteiger partial charge on any atom is -0.487 e. The molecule has 0 bridgehead atoms. The molecule has 3 aromatic rings. The van der Waals surface area contributed by atoms with Crippen LogP contribution in [0.2, 0.25) is 5.02 Å². The fourth-order valence-corrected chi connectivity index (χ4v) is 6.00. The molecule has 3 aromatic carbocycles. The van der Waals surface area contributed by atoms with Crippen molar-refractivity contribution in [2.75, 3.05) is 4.90 Å². The van der Waals surface area contributed by atoms with E-state index >= 15 is 0 Å². The highest BCUT2D eigenvalue weighted by Crippen LogP contribution is 2.50. The molecule has 204 valence electrons. The molecule has 0 spiro atoms. The molecule has 1 atom stereocenters. The molecule has 0 aromatic heterocycles. The maximum absolute atomic E-state index is 13.9. The molecule has 5 rings (SSSR count). The Morgan fingerprint density at radius 3 is 2.48 bits per heavy atom. The van der Waals surface area contributed by atoms with Gasteiger partial charge in [0.2, 0.25) is 0 Å². The molecular formula is C33H31ClFN3O2. The lowest BCUT2D eigenvalue weighted by molar-refractivity contribution is -0.118. The number of carbonyl (C=O) groups is 1. The number of aryl methyl sites for hydroxylation is 2. The van der Waals surface area contributed by atoms with E-state index in [1.54, 1.807) is 23.1 Å². The second-order valence-electron chi connectivity index (χ2n) is 11.3. The Bertz CT molecular complexity index is 1620. The van der Waals surface area contributed by atoms with Gasteiger partial charge in [0, 0.05) is 23.4 Å². The van der Waals surface area contributed by atoms with E-state index in [1.165, 1.54) is 12.1 Å². The number of halogens is 2. The summed E-state index contributed by atoms with van der Waals surface area (Å²) in [6.07, 6.45) is 0.931. The maximum Gasteiger partial charge on any atom is 0.162 e. The lowest BCUT2D eigenvalue weighted by Crippen LogP contribution is -2.42. The molecular weight excluding hydrogens is 525 g/mol. The summed E-state index contributed by atoms with van der Waals surface area (Å²) in [5, 5.41) is 11.0. The first-order chi connectivity index (χ1) is 19.0. The van der Waals surface area contributed by atoms with Crippen LogP contribution in [0, 0.1) is 36.4 Å². The fraction of sp³-hybridized carbons (Fsp3) is 0.273. The summed E-state index contributed by atoms with van der Waals surface area (Å²) in [6.45, 7) is 8.36. The number of benzene rings is 3. The SMILES string of the molecule is Cc1cc(C)c(C2C(C#N)=C(N)N(c3ccc(F)cc3)C3=C2C(=O)CC(C)(C)C3)cc1COc1ccccc1Cl. The largest absolute Gasteiger partial charge is 0.487 e. The van der Waals surface area contributed by atoms with Crippen molar-refractivity contribution < 1.29 is 13.9 Å². The molecule has 1 heterocycles. The summed E-state index contributed by atoms with van der Waals surface area (Å²) in [4.78, 5) is 15.6. The van der Waals surface area contributed by atoms with E-state index in [0.717, 1.165) is 28.0 Å². The van der Waals surface area contributed by atoms with Gasteiger partial charge < -0.3 is 10.5 Å². The number of carbonyl (C=O) groups excluding carboxylic acids is 1. The molecule has 0 amide bonds. The number of nitriles is 1. The van der Waals surface area contributed by atoms with Gasteiger partial charge in [0.15, 0.2) is 5.78 Å².